The zero-order valence-corrected chi connectivity index (χ0v) is 15.3. The van der Waals surface area contributed by atoms with Gasteiger partial charge in [0.05, 0.1) is 6.04 Å². The van der Waals surface area contributed by atoms with E-state index in [-0.39, 0.29) is 12.1 Å². The van der Waals surface area contributed by atoms with E-state index in [9.17, 15) is 4.79 Å². The Morgan fingerprint density at radius 2 is 2.00 bits per heavy atom. The Bertz CT molecular complexity index is 631. The van der Waals surface area contributed by atoms with Crippen LogP contribution in [0.5, 0.6) is 0 Å². The second-order valence-electron chi connectivity index (χ2n) is 5.56. The van der Waals surface area contributed by atoms with Gasteiger partial charge in [-0.05, 0) is 48.9 Å². The van der Waals surface area contributed by atoms with Crippen molar-refractivity contribution in [2.24, 2.45) is 0 Å². The molecule has 1 atom stereocenters. The van der Waals surface area contributed by atoms with E-state index >= 15 is 0 Å². The first-order valence-electron chi connectivity index (χ1n) is 8.26. The van der Waals surface area contributed by atoms with Crippen LogP contribution >= 0.6 is 11.8 Å². The van der Waals surface area contributed by atoms with Gasteiger partial charge in [-0.3, -0.25) is 4.98 Å². The summed E-state index contributed by atoms with van der Waals surface area (Å²) in [5.41, 5.74) is 2.17. The maximum Gasteiger partial charge on any atom is 0.318 e. The van der Waals surface area contributed by atoms with Crippen molar-refractivity contribution in [1.82, 2.24) is 15.2 Å². The number of carbonyl (C=O) groups is 1. The van der Waals surface area contributed by atoms with Gasteiger partial charge < -0.3 is 10.2 Å². The average molecular weight is 343 g/mol. The molecule has 1 aromatic carbocycles. The van der Waals surface area contributed by atoms with Crippen molar-refractivity contribution in [3.05, 3.63) is 59.9 Å². The lowest BCUT2D eigenvalue weighted by molar-refractivity contribution is 0.193. The molecule has 0 unspecified atom stereocenters. The maximum absolute atomic E-state index is 12.6. The van der Waals surface area contributed by atoms with Crippen LogP contribution in [0.2, 0.25) is 0 Å². The SMILES string of the molecule is CC[C@H](NC(=O)N(CC)Cc1ccc(SC)cc1)c1cccnc1. The second-order valence-corrected chi connectivity index (χ2v) is 6.44. The van der Waals surface area contributed by atoms with E-state index in [0.29, 0.717) is 13.1 Å². The van der Waals surface area contributed by atoms with Gasteiger partial charge in [-0.25, -0.2) is 4.79 Å². The van der Waals surface area contributed by atoms with Crippen LogP contribution in [-0.4, -0.2) is 28.7 Å². The fourth-order valence-electron chi connectivity index (χ4n) is 2.52. The molecule has 5 heteroatoms. The fraction of sp³-hybridized carbons (Fsp3) is 0.368. The predicted octanol–water partition coefficient (Wildman–Crippen LogP) is 4.49. The third kappa shape index (κ3) is 4.99. The summed E-state index contributed by atoms with van der Waals surface area (Å²) in [6.45, 7) is 5.34. The number of benzene rings is 1. The number of hydrogen-bond acceptors (Lipinski definition) is 3. The van der Waals surface area contributed by atoms with E-state index in [1.165, 1.54) is 4.90 Å². The highest BCUT2D eigenvalue weighted by atomic mass is 32.2. The summed E-state index contributed by atoms with van der Waals surface area (Å²) >= 11 is 1.72. The number of carbonyl (C=O) groups excluding carboxylic acids is 1. The van der Waals surface area contributed by atoms with Gasteiger partial charge in [0.2, 0.25) is 0 Å². The summed E-state index contributed by atoms with van der Waals surface area (Å²) in [5, 5.41) is 3.12. The number of thioether (sulfide) groups is 1. The molecule has 0 saturated carbocycles. The molecule has 1 heterocycles. The Hall–Kier alpha value is -2.01. The number of urea groups is 1. The molecule has 0 spiro atoms. The van der Waals surface area contributed by atoms with Gasteiger partial charge in [0.15, 0.2) is 0 Å². The number of amides is 2. The molecule has 0 saturated heterocycles. The highest BCUT2D eigenvalue weighted by Crippen LogP contribution is 2.18. The van der Waals surface area contributed by atoms with Crippen LogP contribution in [-0.2, 0) is 6.54 Å². The Labute approximate surface area is 148 Å². The Morgan fingerprint density at radius 3 is 2.54 bits per heavy atom. The topological polar surface area (TPSA) is 45.2 Å². The molecule has 2 amide bonds. The van der Waals surface area contributed by atoms with Crippen LogP contribution in [0.15, 0.2) is 53.7 Å². The van der Waals surface area contributed by atoms with Crippen LogP contribution < -0.4 is 5.32 Å². The van der Waals surface area contributed by atoms with E-state index in [0.717, 1.165) is 17.5 Å². The van der Waals surface area contributed by atoms with Crippen LogP contribution in [0.25, 0.3) is 0 Å². The number of rotatable bonds is 7. The normalized spacial score (nSPS) is 11.8. The van der Waals surface area contributed by atoms with Crippen LogP contribution in [0.3, 0.4) is 0 Å². The molecule has 4 nitrogen and oxygen atoms in total. The first-order valence-corrected chi connectivity index (χ1v) is 9.48. The first-order chi connectivity index (χ1) is 11.7. The average Bonchev–Trinajstić information content (AvgIpc) is 2.65. The van der Waals surface area contributed by atoms with E-state index in [1.807, 2.05) is 30.2 Å². The van der Waals surface area contributed by atoms with E-state index in [1.54, 1.807) is 18.0 Å². The Kier molecular flexibility index (Phi) is 7.12. The highest BCUT2D eigenvalue weighted by molar-refractivity contribution is 7.98. The zero-order valence-electron chi connectivity index (χ0n) is 14.5. The lowest BCUT2D eigenvalue weighted by atomic mass is 10.1. The number of hydrogen-bond donors (Lipinski definition) is 1. The molecule has 2 aromatic rings. The number of pyridine rings is 1. The van der Waals surface area contributed by atoms with Crippen molar-refractivity contribution in [1.29, 1.82) is 0 Å². The van der Waals surface area contributed by atoms with Gasteiger partial charge >= 0.3 is 6.03 Å². The van der Waals surface area contributed by atoms with Gasteiger partial charge in [0.25, 0.3) is 0 Å². The lowest BCUT2D eigenvalue weighted by Gasteiger charge is -2.25. The van der Waals surface area contributed by atoms with Crippen molar-refractivity contribution in [2.75, 3.05) is 12.8 Å². The fourth-order valence-corrected chi connectivity index (χ4v) is 2.93. The maximum atomic E-state index is 12.6. The third-order valence-electron chi connectivity index (χ3n) is 3.99. The summed E-state index contributed by atoms with van der Waals surface area (Å²) in [6, 6.07) is 12.2. The van der Waals surface area contributed by atoms with Crippen molar-refractivity contribution in [3.8, 4) is 0 Å². The molecule has 24 heavy (non-hydrogen) atoms. The molecule has 0 fully saturated rings. The monoisotopic (exact) mass is 343 g/mol. The van der Waals surface area contributed by atoms with Crippen molar-refractivity contribution in [2.45, 2.75) is 37.8 Å². The summed E-state index contributed by atoms with van der Waals surface area (Å²) < 4.78 is 0. The molecule has 2 rings (SSSR count). The van der Waals surface area contributed by atoms with Gasteiger partial charge in [-0.15, -0.1) is 11.8 Å². The van der Waals surface area contributed by atoms with Gasteiger partial charge in [0.1, 0.15) is 0 Å². The molecule has 0 aliphatic carbocycles. The van der Waals surface area contributed by atoms with E-state index in [2.05, 4.69) is 47.7 Å². The molecule has 0 bridgehead atoms. The zero-order chi connectivity index (χ0) is 17.4. The minimum absolute atomic E-state index is 0.0147. The molecule has 0 aliphatic rings. The third-order valence-corrected chi connectivity index (χ3v) is 4.74. The number of aromatic nitrogens is 1. The summed E-state index contributed by atoms with van der Waals surface area (Å²) in [5.74, 6) is 0. The predicted molar refractivity (Wildman–Crippen MR) is 100 cm³/mol. The highest BCUT2D eigenvalue weighted by Gasteiger charge is 2.17. The van der Waals surface area contributed by atoms with Crippen molar-refractivity contribution < 1.29 is 4.79 Å². The number of nitrogens with one attached hydrogen (secondary N) is 1. The largest absolute Gasteiger partial charge is 0.331 e. The quantitative estimate of drug-likeness (QED) is 0.754. The standard InChI is InChI=1S/C19H25N3OS/c1-4-18(16-7-6-12-20-13-16)21-19(23)22(5-2)14-15-8-10-17(24-3)11-9-15/h6-13,18H,4-5,14H2,1-3H3,(H,21,23)/t18-/m0/s1. The molecule has 1 aromatic heterocycles. The summed E-state index contributed by atoms with van der Waals surface area (Å²) in [7, 11) is 0. The molecular formula is C19H25N3OS. The Balaban J connectivity index is 2.01. The molecular weight excluding hydrogens is 318 g/mol. The molecule has 1 N–H and O–H groups in total. The van der Waals surface area contributed by atoms with Gasteiger partial charge in [0, 0.05) is 30.4 Å². The van der Waals surface area contributed by atoms with Crippen LogP contribution in [0, 0.1) is 0 Å². The van der Waals surface area contributed by atoms with Gasteiger partial charge in [-0.2, -0.15) is 0 Å². The van der Waals surface area contributed by atoms with Crippen molar-refractivity contribution in [3.63, 3.8) is 0 Å². The molecule has 0 radical (unpaired) electrons. The summed E-state index contributed by atoms with van der Waals surface area (Å²) in [6.07, 6.45) is 6.45. The van der Waals surface area contributed by atoms with Gasteiger partial charge in [-0.1, -0.05) is 25.1 Å². The number of nitrogens with zero attached hydrogens (tertiary/aromatic N) is 2. The molecule has 0 aliphatic heterocycles. The van der Waals surface area contributed by atoms with Crippen LogP contribution in [0.1, 0.15) is 37.4 Å². The minimum Gasteiger partial charge on any atom is -0.331 e. The Morgan fingerprint density at radius 1 is 1.25 bits per heavy atom. The second kappa shape index (κ2) is 9.33. The van der Waals surface area contributed by atoms with Crippen LogP contribution in [0.4, 0.5) is 4.79 Å². The first kappa shape index (κ1) is 18.3. The minimum atomic E-state index is -0.0397. The smallest absolute Gasteiger partial charge is 0.318 e. The summed E-state index contributed by atoms with van der Waals surface area (Å²) in [4.78, 5) is 19.8. The van der Waals surface area contributed by atoms with E-state index in [4.69, 9.17) is 0 Å². The van der Waals surface area contributed by atoms with Crippen molar-refractivity contribution >= 4 is 17.8 Å². The van der Waals surface area contributed by atoms with E-state index < -0.39 is 0 Å². The molecule has 128 valence electrons. The lowest BCUT2D eigenvalue weighted by Crippen LogP contribution is -2.41.